The number of rotatable bonds is 6. The van der Waals surface area contributed by atoms with Gasteiger partial charge in [-0.2, -0.15) is 0 Å². The molecule has 2 heterocycles. The molecule has 29 heavy (non-hydrogen) atoms. The second kappa shape index (κ2) is 8.25. The Hall–Kier alpha value is -2.86. The van der Waals surface area contributed by atoms with Crippen LogP contribution in [0.3, 0.4) is 0 Å². The third-order valence-electron chi connectivity index (χ3n) is 5.13. The van der Waals surface area contributed by atoms with Gasteiger partial charge in [-0.25, -0.2) is 0 Å². The number of nitrogens with zero attached hydrogens (tertiary/aromatic N) is 2. The van der Waals surface area contributed by atoms with Gasteiger partial charge in [-0.1, -0.05) is 35.0 Å². The number of carbonyl (C=O) groups is 1. The van der Waals surface area contributed by atoms with Crippen LogP contribution >= 0.6 is 15.9 Å². The predicted octanol–water partition coefficient (Wildman–Crippen LogP) is 5.00. The average molecular weight is 452 g/mol. The largest absolute Gasteiger partial charge is 0.326 e. The molecule has 0 unspecified atom stereocenters. The summed E-state index contributed by atoms with van der Waals surface area (Å²) < 4.78 is 4.59. The zero-order valence-electron chi connectivity index (χ0n) is 16.2. The van der Waals surface area contributed by atoms with E-state index in [1.54, 1.807) is 4.57 Å². The summed E-state index contributed by atoms with van der Waals surface area (Å²) in [6.07, 6.45) is 3.80. The van der Waals surface area contributed by atoms with Gasteiger partial charge in [0.15, 0.2) is 0 Å². The highest BCUT2D eigenvalue weighted by atomic mass is 79.9. The zero-order valence-corrected chi connectivity index (χ0v) is 17.8. The quantitative estimate of drug-likeness (QED) is 0.448. The van der Waals surface area contributed by atoms with E-state index in [-0.39, 0.29) is 11.5 Å². The normalized spacial score (nSPS) is 11.2. The van der Waals surface area contributed by atoms with Crippen molar-refractivity contribution in [3.8, 4) is 0 Å². The minimum absolute atomic E-state index is 0.0449. The second-order valence-electron chi connectivity index (χ2n) is 7.06. The molecule has 4 rings (SSSR count). The Morgan fingerprint density at radius 1 is 1.03 bits per heavy atom. The van der Waals surface area contributed by atoms with E-state index < -0.39 is 0 Å². The van der Waals surface area contributed by atoms with Crippen LogP contribution in [0.25, 0.3) is 16.6 Å². The van der Waals surface area contributed by atoms with Crippen LogP contribution in [0.1, 0.15) is 25.3 Å². The molecule has 5 nitrogen and oxygen atoms in total. The SMILES string of the molecule is CCc1ccc(NC(=O)CCCn2c(=O)c3cccn3c3ccc(Br)cc32)cc1. The third-order valence-corrected chi connectivity index (χ3v) is 5.63. The Morgan fingerprint density at radius 3 is 2.59 bits per heavy atom. The minimum atomic E-state index is -0.0452. The Bertz CT molecular complexity index is 1240. The van der Waals surface area contributed by atoms with Crippen LogP contribution in [-0.2, 0) is 17.8 Å². The predicted molar refractivity (Wildman–Crippen MR) is 121 cm³/mol. The van der Waals surface area contributed by atoms with Gasteiger partial charge in [-0.3, -0.25) is 9.59 Å². The van der Waals surface area contributed by atoms with E-state index >= 15 is 0 Å². The van der Waals surface area contributed by atoms with E-state index in [1.807, 2.05) is 65.2 Å². The van der Waals surface area contributed by atoms with Crippen LogP contribution in [0, 0.1) is 0 Å². The van der Waals surface area contributed by atoms with Crippen molar-refractivity contribution in [3.05, 3.63) is 81.2 Å². The molecule has 0 aliphatic rings. The number of hydrogen-bond acceptors (Lipinski definition) is 2. The van der Waals surface area contributed by atoms with Crippen LogP contribution in [-0.4, -0.2) is 14.9 Å². The number of carbonyl (C=O) groups excluding carboxylic acids is 1. The summed E-state index contributed by atoms with van der Waals surface area (Å²) in [5, 5.41) is 2.93. The summed E-state index contributed by atoms with van der Waals surface area (Å²) in [5.41, 5.74) is 4.45. The average Bonchev–Trinajstić information content (AvgIpc) is 3.21. The van der Waals surface area contributed by atoms with Gasteiger partial charge in [0.25, 0.3) is 5.56 Å². The topological polar surface area (TPSA) is 55.5 Å². The van der Waals surface area contributed by atoms with Crippen LogP contribution in [0.15, 0.2) is 70.1 Å². The molecule has 0 saturated heterocycles. The molecular weight excluding hydrogens is 430 g/mol. The summed E-state index contributed by atoms with van der Waals surface area (Å²) in [5.74, 6) is -0.0449. The maximum Gasteiger partial charge on any atom is 0.275 e. The van der Waals surface area contributed by atoms with Crippen LogP contribution < -0.4 is 10.9 Å². The van der Waals surface area contributed by atoms with E-state index in [9.17, 15) is 9.59 Å². The van der Waals surface area contributed by atoms with Crippen molar-refractivity contribution < 1.29 is 4.79 Å². The number of benzene rings is 2. The van der Waals surface area contributed by atoms with Crippen molar-refractivity contribution in [1.82, 2.24) is 8.97 Å². The first kappa shape index (κ1) is 19.5. The van der Waals surface area contributed by atoms with Crippen LogP contribution in [0.4, 0.5) is 5.69 Å². The van der Waals surface area contributed by atoms with Crippen molar-refractivity contribution in [3.63, 3.8) is 0 Å². The van der Waals surface area contributed by atoms with E-state index in [0.717, 1.165) is 27.6 Å². The molecule has 0 aliphatic heterocycles. The first-order chi connectivity index (χ1) is 14.1. The summed E-state index contributed by atoms with van der Waals surface area (Å²) in [6.45, 7) is 2.58. The Labute approximate surface area is 177 Å². The lowest BCUT2D eigenvalue weighted by Crippen LogP contribution is -2.23. The second-order valence-corrected chi connectivity index (χ2v) is 7.97. The number of aromatic nitrogens is 2. The summed E-state index contributed by atoms with van der Waals surface area (Å²) >= 11 is 3.50. The lowest BCUT2D eigenvalue weighted by Gasteiger charge is -2.13. The standard InChI is InChI=1S/C23H22BrN3O2/c1-2-16-7-10-18(11-8-16)25-22(28)6-4-14-27-21-15-17(24)9-12-19(21)26-13-3-5-20(26)23(27)29/h3,5,7-13,15H,2,4,6,14H2,1H3,(H,25,28). The van der Waals surface area contributed by atoms with Gasteiger partial charge in [-0.05, 0) is 60.9 Å². The van der Waals surface area contributed by atoms with Crippen molar-refractivity contribution in [2.24, 2.45) is 0 Å². The van der Waals surface area contributed by atoms with Crippen molar-refractivity contribution in [1.29, 1.82) is 0 Å². The molecule has 0 aliphatic carbocycles. The fourth-order valence-corrected chi connectivity index (χ4v) is 3.95. The van der Waals surface area contributed by atoms with Crippen molar-refractivity contribution in [2.75, 3.05) is 5.32 Å². The van der Waals surface area contributed by atoms with E-state index in [2.05, 4.69) is 28.2 Å². The maximum absolute atomic E-state index is 13.0. The molecule has 0 bridgehead atoms. The molecule has 1 amide bonds. The van der Waals surface area contributed by atoms with Crippen LogP contribution in [0.5, 0.6) is 0 Å². The smallest absolute Gasteiger partial charge is 0.275 e. The molecule has 2 aromatic heterocycles. The van der Waals surface area contributed by atoms with Gasteiger partial charge in [0.1, 0.15) is 5.52 Å². The van der Waals surface area contributed by atoms with Gasteiger partial charge in [0.2, 0.25) is 5.91 Å². The number of amides is 1. The Morgan fingerprint density at radius 2 is 1.83 bits per heavy atom. The summed E-state index contributed by atoms with van der Waals surface area (Å²) in [4.78, 5) is 25.3. The van der Waals surface area contributed by atoms with Crippen molar-refractivity contribution >= 4 is 44.1 Å². The summed E-state index contributed by atoms with van der Waals surface area (Å²) in [6, 6.07) is 17.5. The minimum Gasteiger partial charge on any atom is -0.326 e. The number of nitrogens with one attached hydrogen (secondary N) is 1. The molecule has 0 spiro atoms. The van der Waals surface area contributed by atoms with Gasteiger partial charge >= 0.3 is 0 Å². The van der Waals surface area contributed by atoms with E-state index in [1.165, 1.54) is 5.56 Å². The lowest BCUT2D eigenvalue weighted by molar-refractivity contribution is -0.116. The number of aryl methyl sites for hydroxylation is 2. The van der Waals surface area contributed by atoms with Gasteiger partial charge in [0.05, 0.1) is 11.0 Å². The van der Waals surface area contributed by atoms with Crippen molar-refractivity contribution in [2.45, 2.75) is 32.7 Å². The lowest BCUT2D eigenvalue weighted by atomic mass is 10.1. The van der Waals surface area contributed by atoms with Crippen LogP contribution in [0.2, 0.25) is 0 Å². The molecule has 0 fully saturated rings. The molecular formula is C23H22BrN3O2. The summed E-state index contributed by atoms with van der Waals surface area (Å²) in [7, 11) is 0. The number of hydrogen-bond donors (Lipinski definition) is 1. The first-order valence-electron chi connectivity index (χ1n) is 9.75. The molecule has 148 valence electrons. The fourth-order valence-electron chi connectivity index (χ4n) is 3.60. The number of anilines is 1. The molecule has 0 radical (unpaired) electrons. The fraction of sp³-hybridized carbons (Fsp3) is 0.217. The maximum atomic E-state index is 13.0. The molecule has 6 heteroatoms. The highest BCUT2D eigenvalue weighted by Crippen LogP contribution is 2.21. The van der Waals surface area contributed by atoms with Gasteiger partial charge in [-0.15, -0.1) is 0 Å². The molecule has 4 aromatic rings. The third kappa shape index (κ3) is 3.98. The molecule has 1 N–H and O–H groups in total. The van der Waals surface area contributed by atoms with E-state index in [0.29, 0.717) is 24.9 Å². The monoisotopic (exact) mass is 451 g/mol. The molecule has 0 saturated carbocycles. The Kier molecular flexibility index (Phi) is 5.53. The molecule has 0 atom stereocenters. The number of halogens is 1. The molecule has 2 aromatic carbocycles. The van der Waals surface area contributed by atoms with E-state index in [4.69, 9.17) is 0 Å². The van der Waals surface area contributed by atoms with Gasteiger partial charge in [0, 0.05) is 29.3 Å². The van der Waals surface area contributed by atoms with Gasteiger partial charge < -0.3 is 14.3 Å². The first-order valence-corrected chi connectivity index (χ1v) is 10.5. The Balaban J connectivity index is 1.51. The highest BCUT2D eigenvalue weighted by molar-refractivity contribution is 9.10. The zero-order chi connectivity index (χ0) is 20.4. The highest BCUT2D eigenvalue weighted by Gasteiger charge is 2.11. The number of fused-ring (bicyclic) bond motifs is 3.